The number of hydrogen-bond donors (Lipinski definition) is 1. The number of aromatic nitrogens is 2. The second-order valence-electron chi connectivity index (χ2n) is 8.63. The van der Waals surface area contributed by atoms with Crippen molar-refractivity contribution in [3.05, 3.63) is 90.3 Å². The molecule has 0 aliphatic rings. The van der Waals surface area contributed by atoms with E-state index in [-0.39, 0.29) is 32.9 Å². The molecule has 0 fully saturated rings. The van der Waals surface area contributed by atoms with Crippen molar-refractivity contribution in [3.63, 3.8) is 0 Å². The number of nitro groups is 2. The van der Waals surface area contributed by atoms with Gasteiger partial charge >= 0.3 is 24.3 Å². The fourth-order valence-corrected chi connectivity index (χ4v) is 4.09. The molecule has 2 heterocycles. The van der Waals surface area contributed by atoms with Crippen molar-refractivity contribution in [1.82, 2.24) is 9.97 Å². The van der Waals surface area contributed by atoms with Crippen LogP contribution in [0.1, 0.15) is 43.2 Å². The molecule has 18 heteroatoms. The highest BCUT2D eigenvalue weighted by Gasteiger charge is 2.35. The number of alkyl halides is 6. The van der Waals surface area contributed by atoms with Crippen LogP contribution in [0.15, 0.2) is 36.4 Å². The third-order valence-corrected chi connectivity index (χ3v) is 6.02. The molecule has 12 nitrogen and oxygen atoms in total. The average Bonchev–Trinajstić information content (AvgIpc) is 2.90. The Kier molecular flexibility index (Phi) is 8.55. The summed E-state index contributed by atoms with van der Waals surface area (Å²) in [5, 5.41) is 31.3. The minimum atomic E-state index is -4.69. The third kappa shape index (κ3) is 6.41. The smallest absolute Gasteiger partial charge is 0.433 e. The number of nitro benzene ring substituents is 2. The molecule has 0 amide bonds. The van der Waals surface area contributed by atoms with Gasteiger partial charge in [0.1, 0.15) is 22.5 Å². The van der Waals surface area contributed by atoms with Crippen molar-refractivity contribution >= 4 is 45.1 Å². The first-order valence-electron chi connectivity index (χ1n) is 11.4. The van der Waals surface area contributed by atoms with E-state index < -0.39 is 68.0 Å². The number of carbonyl (C=O) groups is 2. The SMILES string of the molecule is COC(=O)c1cc2nc(C(F)(F)F)ccc2c(C)c1[N+](=O)[O-].Cc1c([N+](=O)[O-])c(C(=O)O)cc2nc(C(F)(F)F)ccc12. The number of rotatable bonds is 4. The summed E-state index contributed by atoms with van der Waals surface area (Å²) in [4.78, 5) is 49.9. The number of esters is 1. The van der Waals surface area contributed by atoms with Gasteiger partial charge in [0.15, 0.2) is 0 Å². The second-order valence-corrected chi connectivity index (χ2v) is 8.63. The molecular weight excluding hydrogens is 598 g/mol. The topological polar surface area (TPSA) is 176 Å². The number of pyridine rings is 2. The van der Waals surface area contributed by atoms with E-state index in [0.717, 1.165) is 37.4 Å². The Bertz CT molecular complexity index is 1820. The lowest BCUT2D eigenvalue weighted by atomic mass is 10.0. The summed E-state index contributed by atoms with van der Waals surface area (Å²) in [7, 11) is 1.02. The molecule has 0 saturated heterocycles. The van der Waals surface area contributed by atoms with Gasteiger partial charge in [-0.25, -0.2) is 19.6 Å². The van der Waals surface area contributed by atoms with Crippen LogP contribution in [0.4, 0.5) is 37.7 Å². The highest BCUT2D eigenvalue weighted by atomic mass is 19.4. The quantitative estimate of drug-likeness (QED) is 0.117. The Morgan fingerprint density at radius 1 is 0.767 bits per heavy atom. The van der Waals surface area contributed by atoms with Crippen LogP contribution in [0.3, 0.4) is 0 Å². The number of methoxy groups -OCH3 is 1. The van der Waals surface area contributed by atoms with Crippen LogP contribution >= 0.6 is 0 Å². The molecule has 0 unspecified atom stereocenters. The zero-order valence-corrected chi connectivity index (χ0v) is 21.8. The van der Waals surface area contributed by atoms with Crippen LogP contribution in [0.25, 0.3) is 21.8 Å². The van der Waals surface area contributed by atoms with E-state index in [2.05, 4.69) is 14.7 Å². The Balaban J connectivity index is 0.000000236. The molecule has 0 aliphatic heterocycles. The van der Waals surface area contributed by atoms with Gasteiger partial charge in [0, 0.05) is 21.9 Å². The second kappa shape index (κ2) is 11.5. The van der Waals surface area contributed by atoms with E-state index in [1.807, 2.05) is 0 Å². The summed E-state index contributed by atoms with van der Waals surface area (Å²) >= 11 is 0. The Labute approximate surface area is 234 Å². The predicted molar refractivity (Wildman–Crippen MR) is 135 cm³/mol. The molecule has 0 aliphatic carbocycles. The van der Waals surface area contributed by atoms with Crippen molar-refractivity contribution in [1.29, 1.82) is 0 Å². The Morgan fingerprint density at radius 3 is 1.47 bits per heavy atom. The summed E-state index contributed by atoms with van der Waals surface area (Å²) in [5.74, 6) is -2.62. The van der Waals surface area contributed by atoms with Gasteiger partial charge in [-0.2, -0.15) is 26.3 Å². The fraction of sp³-hybridized carbons (Fsp3) is 0.200. The van der Waals surface area contributed by atoms with Crippen molar-refractivity contribution in [2.45, 2.75) is 26.2 Å². The van der Waals surface area contributed by atoms with Crippen LogP contribution in [-0.4, -0.2) is 44.0 Å². The van der Waals surface area contributed by atoms with E-state index in [0.29, 0.717) is 6.07 Å². The van der Waals surface area contributed by atoms with Gasteiger partial charge in [0.25, 0.3) is 11.4 Å². The standard InChI is InChI=1S/C13H9F3N2O4.C12H7F3N2O4/c1-6-7-3-4-10(13(14,15)16)17-9(7)5-8(12(19)22-2)11(6)18(20)21;1-5-6-2-3-9(12(13,14)15)16-8(6)4-7(11(18)19)10(5)17(20)21/h3-5H,1-2H3;2-4H,1H3,(H,18,19). The molecule has 0 atom stereocenters. The normalized spacial score (nSPS) is 11.6. The number of carboxylic acid groups (broad SMARTS) is 1. The van der Waals surface area contributed by atoms with Gasteiger partial charge in [-0.05, 0) is 38.1 Å². The van der Waals surface area contributed by atoms with E-state index in [4.69, 9.17) is 5.11 Å². The Hall–Kier alpha value is -5.42. The first-order valence-corrected chi connectivity index (χ1v) is 11.4. The third-order valence-electron chi connectivity index (χ3n) is 6.02. The summed E-state index contributed by atoms with van der Waals surface area (Å²) in [6, 6.07) is 5.27. The summed E-state index contributed by atoms with van der Waals surface area (Å²) in [6.45, 7) is 2.60. The molecule has 4 rings (SSSR count). The van der Waals surface area contributed by atoms with Crippen molar-refractivity contribution in [2.75, 3.05) is 7.11 Å². The number of ether oxygens (including phenoxy) is 1. The minimum absolute atomic E-state index is 0.0453. The van der Waals surface area contributed by atoms with Crippen molar-refractivity contribution < 1.29 is 55.6 Å². The van der Waals surface area contributed by atoms with Crippen LogP contribution in [0.5, 0.6) is 0 Å². The Morgan fingerprint density at radius 2 is 1.14 bits per heavy atom. The zero-order valence-electron chi connectivity index (χ0n) is 21.8. The molecule has 226 valence electrons. The average molecular weight is 614 g/mol. The monoisotopic (exact) mass is 614 g/mol. The van der Waals surface area contributed by atoms with E-state index in [1.165, 1.54) is 13.8 Å². The highest BCUT2D eigenvalue weighted by Crippen LogP contribution is 2.35. The molecule has 0 bridgehead atoms. The van der Waals surface area contributed by atoms with Crippen LogP contribution in [0, 0.1) is 34.1 Å². The fourth-order valence-electron chi connectivity index (χ4n) is 4.09. The lowest BCUT2D eigenvalue weighted by Crippen LogP contribution is -2.10. The van der Waals surface area contributed by atoms with Gasteiger partial charge in [0.2, 0.25) is 0 Å². The van der Waals surface area contributed by atoms with Crippen molar-refractivity contribution in [3.8, 4) is 0 Å². The maximum absolute atomic E-state index is 12.7. The number of hydrogen-bond acceptors (Lipinski definition) is 9. The predicted octanol–water partition coefficient (Wildman–Crippen LogP) is 6.43. The summed E-state index contributed by atoms with van der Waals surface area (Å²) in [6.07, 6.45) is -9.34. The van der Waals surface area contributed by atoms with Gasteiger partial charge in [-0.3, -0.25) is 20.2 Å². The lowest BCUT2D eigenvalue weighted by molar-refractivity contribution is -0.385. The molecule has 0 spiro atoms. The summed E-state index contributed by atoms with van der Waals surface area (Å²) < 4.78 is 80.3. The van der Waals surface area contributed by atoms with Gasteiger partial charge < -0.3 is 9.84 Å². The zero-order chi connectivity index (χ0) is 32.6. The number of fused-ring (bicyclic) bond motifs is 2. The number of benzene rings is 2. The van der Waals surface area contributed by atoms with Crippen LogP contribution in [0.2, 0.25) is 0 Å². The summed E-state index contributed by atoms with van der Waals surface area (Å²) in [5.41, 5.74) is -5.08. The first kappa shape index (κ1) is 32.1. The minimum Gasteiger partial charge on any atom is -0.477 e. The number of nitrogens with zero attached hydrogens (tertiary/aromatic N) is 4. The van der Waals surface area contributed by atoms with Crippen LogP contribution < -0.4 is 0 Å². The number of halogens is 6. The van der Waals surface area contributed by atoms with E-state index in [9.17, 15) is 56.2 Å². The van der Waals surface area contributed by atoms with E-state index >= 15 is 0 Å². The maximum Gasteiger partial charge on any atom is 0.433 e. The van der Waals surface area contributed by atoms with Crippen LogP contribution in [-0.2, 0) is 17.1 Å². The lowest BCUT2D eigenvalue weighted by Gasteiger charge is -2.10. The number of carboxylic acids is 1. The molecule has 2 aromatic carbocycles. The first-order chi connectivity index (χ1) is 19.8. The molecule has 0 saturated carbocycles. The number of aryl methyl sites for hydroxylation is 2. The van der Waals surface area contributed by atoms with E-state index in [1.54, 1.807) is 0 Å². The highest BCUT2D eigenvalue weighted by molar-refractivity contribution is 6.01. The molecule has 2 aromatic heterocycles. The van der Waals surface area contributed by atoms with Gasteiger partial charge in [0.05, 0.1) is 28.0 Å². The molecule has 4 aromatic rings. The van der Waals surface area contributed by atoms with Gasteiger partial charge in [-0.1, -0.05) is 12.1 Å². The van der Waals surface area contributed by atoms with Crippen molar-refractivity contribution in [2.24, 2.45) is 0 Å². The maximum atomic E-state index is 12.7. The number of carbonyl (C=O) groups excluding carboxylic acids is 1. The largest absolute Gasteiger partial charge is 0.477 e. The molecule has 1 N–H and O–H groups in total. The molecule has 0 radical (unpaired) electrons. The van der Waals surface area contributed by atoms with Gasteiger partial charge in [-0.15, -0.1) is 0 Å². The molecule has 43 heavy (non-hydrogen) atoms. The number of aromatic carboxylic acids is 1. The molecular formula is C25H16F6N4O8.